The predicted molar refractivity (Wildman–Crippen MR) is 118 cm³/mol. The molecule has 0 spiro atoms. The summed E-state index contributed by atoms with van der Waals surface area (Å²) in [6.45, 7) is 6.14. The second kappa shape index (κ2) is 11.1. The van der Waals surface area contributed by atoms with Gasteiger partial charge in [0.05, 0.1) is 19.3 Å². The monoisotopic (exact) mass is 479 g/mol. The van der Waals surface area contributed by atoms with Gasteiger partial charge in [-0.05, 0) is 44.1 Å². The van der Waals surface area contributed by atoms with E-state index in [1.165, 1.54) is 11.1 Å². The van der Waals surface area contributed by atoms with E-state index in [4.69, 9.17) is 4.74 Å². The summed E-state index contributed by atoms with van der Waals surface area (Å²) in [7, 11) is 1.70. The standard InChI is InChI=1S/C18H29N3O2S.HI/c1-4-19-17(21-12-18(22)8-10-24-13-18)20-9-7-15-11-14(2)5-6-16(15)23-3;/h5-6,11,22H,4,7-10,12-13H2,1-3H3,(H2,19,20,21);1H. The number of aliphatic imine (C=N–C) groups is 1. The molecule has 142 valence electrons. The largest absolute Gasteiger partial charge is 0.496 e. The normalized spacial score (nSPS) is 20.1. The number of methoxy groups -OCH3 is 1. The molecule has 1 fully saturated rings. The highest BCUT2D eigenvalue weighted by Gasteiger charge is 2.31. The summed E-state index contributed by atoms with van der Waals surface area (Å²) in [5.74, 6) is 3.47. The topological polar surface area (TPSA) is 65.9 Å². The van der Waals surface area contributed by atoms with Crippen LogP contribution in [0.25, 0.3) is 0 Å². The van der Waals surface area contributed by atoms with Crippen molar-refractivity contribution >= 4 is 41.7 Å². The maximum absolute atomic E-state index is 10.4. The molecule has 1 aromatic rings. The number of hydrogen-bond donors (Lipinski definition) is 3. The lowest BCUT2D eigenvalue weighted by Gasteiger charge is -2.20. The smallest absolute Gasteiger partial charge is 0.191 e. The number of nitrogens with one attached hydrogen (secondary N) is 2. The number of aliphatic hydroxyl groups is 1. The van der Waals surface area contributed by atoms with Crippen molar-refractivity contribution in [1.29, 1.82) is 0 Å². The summed E-state index contributed by atoms with van der Waals surface area (Å²) in [6.07, 6.45) is 1.68. The molecular weight excluding hydrogens is 449 g/mol. The molecule has 3 N–H and O–H groups in total. The Labute approximate surface area is 172 Å². The highest BCUT2D eigenvalue weighted by molar-refractivity contribution is 14.0. The van der Waals surface area contributed by atoms with E-state index in [-0.39, 0.29) is 24.0 Å². The van der Waals surface area contributed by atoms with Gasteiger partial charge >= 0.3 is 0 Å². The Morgan fingerprint density at radius 1 is 1.40 bits per heavy atom. The third-order valence-corrected chi connectivity index (χ3v) is 5.32. The molecule has 1 heterocycles. The molecule has 0 aromatic heterocycles. The molecule has 0 saturated carbocycles. The molecule has 1 aromatic carbocycles. The maximum Gasteiger partial charge on any atom is 0.191 e. The van der Waals surface area contributed by atoms with Crippen molar-refractivity contribution in [2.45, 2.75) is 32.3 Å². The second-order valence-electron chi connectivity index (χ2n) is 6.21. The lowest BCUT2D eigenvalue weighted by atomic mass is 10.0. The molecule has 5 nitrogen and oxygen atoms in total. The second-order valence-corrected chi connectivity index (χ2v) is 7.32. The van der Waals surface area contributed by atoms with Gasteiger partial charge in [-0.3, -0.25) is 4.99 Å². The van der Waals surface area contributed by atoms with E-state index in [2.05, 4.69) is 34.7 Å². The van der Waals surface area contributed by atoms with Crippen LogP contribution in [0, 0.1) is 6.92 Å². The lowest BCUT2D eigenvalue weighted by molar-refractivity contribution is 0.0778. The van der Waals surface area contributed by atoms with Crippen LogP contribution in [-0.2, 0) is 6.42 Å². The van der Waals surface area contributed by atoms with E-state index >= 15 is 0 Å². The van der Waals surface area contributed by atoms with Gasteiger partial charge < -0.3 is 20.5 Å². The predicted octanol–water partition coefficient (Wildman–Crippen LogP) is 2.59. The van der Waals surface area contributed by atoms with E-state index in [0.717, 1.165) is 49.1 Å². The molecule has 0 aliphatic carbocycles. The molecule has 1 unspecified atom stereocenters. The fourth-order valence-corrected chi connectivity index (χ4v) is 3.99. The molecule has 1 aliphatic heterocycles. The first-order valence-electron chi connectivity index (χ1n) is 8.52. The molecule has 2 rings (SSSR count). The average Bonchev–Trinajstić information content (AvgIpc) is 3.00. The van der Waals surface area contributed by atoms with Crippen LogP contribution in [0.15, 0.2) is 23.2 Å². The minimum atomic E-state index is -0.646. The number of benzene rings is 1. The van der Waals surface area contributed by atoms with Gasteiger partial charge in [0.2, 0.25) is 0 Å². The van der Waals surface area contributed by atoms with Crippen molar-refractivity contribution < 1.29 is 9.84 Å². The number of nitrogens with zero attached hydrogens (tertiary/aromatic N) is 1. The Balaban J connectivity index is 0.00000312. The summed E-state index contributed by atoms with van der Waals surface area (Å²) in [6, 6.07) is 6.22. The zero-order chi connectivity index (χ0) is 17.4. The van der Waals surface area contributed by atoms with Crippen molar-refractivity contribution in [3.8, 4) is 5.75 Å². The number of rotatable bonds is 7. The SMILES string of the molecule is CCNC(=NCC1(O)CCSC1)NCCc1cc(C)ccc1OC.I. The summed E-state index contributed by atoms with van der Waals surface area (Å²) >= 11 is 1.79. The summed E-state index contributed by atoms with van der Waals surface area (Å²) in [4.78, 5) is 4.56. The van der Waals surface area contributed by atoms with Crippen LogP contribution < -0.4 is 15.4 Å². The van der Waals surface area contributed by atoms with E-state index in [0.29, 0.717) is 6.54 Å². The Morgan fingerprint density at radius 2 is 2.20 bits per heavy atom. The van der Waals surface area contributed by atoms with Crippen LogP contribution in [0.3, 0.4) is 0 Å². The summed E-state index contributed by atoms with van der Waals surface area (Å²) in [5, 5.41) is 17.0. The van der Waals surface area contributed by atoms with E-state index in [1.54, 1.807) is 18.9 Å². The Bertz CT molecular complexity index is 563. The van der Waals surface area contributed by atoms with Gasteiger partial charge in [0.1, 0.15) is 5.75 Å². The van der Waals surface area contributed by atoms with Crippen LogP contribution in [0.5, 0.6) is 5.75 Å². The Kier molecular flexibility index (Phi) is 9.96. The van der Waals surface area contributed by atoms with Crippen LogP contribution in [0.2, 0.25) is 0 Å². The zero-order valence-electron chi connectivity index (χ0n) is 15.3. The van der Waals surface area contributed by atoms with Crippen molar-refractivity contribution in [2.24, 2.45) is 4.99 Å². The molecular formula is C18H30IN3O2S. The van der Waals surface area contributed by atoms with Crippen molar-refractivity contribution in [1.82, 2.24) is 10.6 Å². The molecule has 7 heteroatoms. The number of aryl methyl sites for hydroxylation is 1. The van der Waals surface area contributed by atoms with Gasteiger partial charge in [0.25, 0.3) is 0 Å². The summed E-state index contributed by atoms with van der Waals surface area (Å²) < 4.78 is 5.42. The van der Waals surface area contributed by atoms with Gasteiger partial charge in [-0.2, -0.15) is 11.8 Å². The number of guanidine groups is 1. The van der Waals surface area contributed by atoms with Gasteiger partial charge in [0, 0.05) is 18.8 Å². The van der Waals surface area contributed by atoms with E-state index < -0.39 is 5.60 Å². The average molecular weight is 479 g/mol. The first kappa shape index (κ1) is 22.4. The number of ether oxygens (including phenoxy) is 1. The highest BCUT2D eigenvalue weighted by atomic mass is 127. The van der Waals surface area contributed by atoms with Gasteiger partial charge in [0.15, 0.2) is 5.96 Å². The quantitative estimate of drug-likeness (QED) is 0.319. The third-order valence-electron chi connectivity index (χ3n) is 4.08. The van der Waals surface area contributed by atoms with Crippen LogP contribution in [-0.4, -0.2) is 54.9 Å². The van der Waals surface area contributed by atoms with Crippen molar-refractivity contribution in [2.75, 3.05) is 38.2 Å². The fourth-order valence-electron chi connectivity index (χ4n) is 2.71. The molecule has 1 aliphatic rings. The first-order chi connectivity index (χ1) is 11.6. The highest BCUT2D eigenvalue weighted by Crippen LogP contribution is 2.27. The maximum atomic E-state index is 10.4. The van der Waals surface area contributed by atoms with Gasteiger partial charge in [-0.15, -0.1) is 24.0 Å². The molecule has 0 amide bonds. The minimum absolute atomic E-state index is 0. The Hall–Kier alpha value is -0.670. The molecule has 1 saturated heterocycles. The van der Waals surface area contributed by atoms with Gasteiger partial charge in [-0.1, -0.05) is 17.7 Å². The zero-order valence-corrected chi connectivity index (χ0v) is 18.4. The summed E-state index contributed by atoms with van der Waals surface area (Å²) in [5.41, 5.74) is 1.77. The first-order valence-corrected chi connectivity index (χ1v) is 9.67. The molecule has 0 radical (unpaired) electrons. The fraction of sp³-hybridized carbons (Fsp3) is 0.611. The van der Waals surface area contributed by atoms with Crippen LogP contribution in [0.4, 0.5) is 0 Å². The Morgan fingerprint density at radius 3 is 2.84 bits per heavy atom. The molecule has 25 heavy (non-hydrogen) atoms. The van der Waals surface area contributed by atoms with Crippen LogP contribution >= 0.6 is 35.7 Å². The molecule has 0 bridgehead atoms. The van der Waals surface area contributed by atoms with E-state index in [1.807, 2.05) is 13.0 Å². The van der Waals surface area contributed by atoms with Gasteiger partial charge in [-0.25, -0.2) is 0 Å². The number of thioether (sulfide) groups is 1. The van der Waals surface area contributed by atoms with Crippen LogP contribution in [0.1, 0.15) is 24.5 Å². The van der Waals surface area contributed by atoms with Crippen molar-refractivity contribution in [3.05, 3.63) is 29.3 Å². The third kappa shape index (κ3) is 7.22. The number of halogens is 1. The van der Waals surface area contributed by atoms with Crippen molar-refractivity contribution in [3.63, 3.8) is 0 Å². The minimum Gasteiger partial charge on any atom is -0.496 e. The number of hydrogen-bond acceptors (Lipinski definition) is 4. The van der Waals surface area contributed by atoms with E-state index in [9.17, 15) is 5.11 Å². The molecule has 1 atom stereocenters. The lowest BCUT2D eigenvalue weighted by Crippen LogP contribution is -2.40.